The number of hydrogen-bond donors (Lipinski definition) is 1. The van der Waals surface area contributed by atoms with Crippen LogP contribution in [0.5, 0.6) is 0 Å². The van der Waals surface area contributed by atoms with Crippen molar-refractivity contribution in [3.05, 3.63) is 52.4 Å². The summed E-state index contributed by atoms with van der Waals surface area (Å²) in [6.45, 7) is 1.97. The Balaban J connectivity index is 1.97. The van der Waals surface area contributed by atoms with Crippen LogP contribution in [-0.4, -0.2) is 11.2 Å². The Hall–Kier alpha value is -1.10. The summed E-state index contributed by atoms with van der Waals surface area (Å²) < 4.78 is 5.27. The Kier molecular flexibility index (Phi) is 6.03. The van der Waals surface area contributed by atoms with Crippen molar-refractivity contribution in [2.24, 2.45) is 0 Å². The highest BCUT2D eigenvalue weighted by atomic mass is 35.5. The van der Waals surface area contributed by atoms with Crippen molar-refractivity contribution in [2.45, 2.75) is 24.3 Å². The standard InChI is InChI=1S/C15H15Cl2NO2S/c1-2-14(21-9-11-4-3-7-20-11)15(19)18-13-8-10(16)5-6-12(13)17/h3-8,14H,2,9H2,1H3,(H,18,19). The predicted molar refractivity (Wildman–Crippen MR) is 89.2 cm³/mol. The number of rotatable bonds is 6. The molecule has 0 aliphatic carbocycles. The predicted octanol–water partition coefficient (Wildman–Crippen LogP) is 5.24. The summed E-state index contributed by atoms with van der Waals surface area (Å²) in [6, 6.07) is 8.72. The van der Waals surface area contributed by atoms with E-state index in [0.717, 1.165) is 12.2 Å². The largest absolute Gasteiger partial charge is 0.468 e. The average Bonchev–Trinajstić information content (AvgIpc) is 2.97. The molecule has 1 aromatic heterocycles. The average molecular weight is 344 g/mol. The van der Waals surface area contributed by atoms with E-state index in [-0.39, 0.29) is 11.2 Å². The molecule has 1 heterocycles. The molecule has 3 nitrogen and oxygen atoms in total. The first-order valence-electron chi connectivity index (χ1n) is 6.50. The fraction of sp³-hybridized carbons (Fsp3) is 0.267. The summed E-state index contributed by atoms with van der Waals surface area (Å²) in [5.41, 5.74) is 0.534. The third-order valence-electron chi connectivity index (χ3n) is 2.86. The molecule has 0 aliphatic rings. The number of anilines is 1. The third-order valence-corrected chi connectivity index (χ3v) is 4.82. The van der Waals surface area contributed by atoms with Crippen LogP contribution in [-0.2, 0) is 10.5 Å². The fourth-order valence-electron chi connectivity index (χ4n) is 1.76. The molecule has 1 amide bonds. The van der Waals surface area contributed by atoms with Gasteiger partial charge in [0.15, 0.2) is 0 Å². The number of carbonyl (C=O) groups excluding carboxylic acids is 1. The maximum Gasteiger partial charge on any atom is 0.237 e. The molecular formula is C15H15Cl2NO2S. The summed E-state index contributed by atoms with van der Waals surface area (Å²) in [7, 11) is 0. The number of hydrogen-bond acceptors (Lipinski definition) is 3. The van der Waals surface area contributed by atoms with Crippen molar-refractivity contribution in [1.82, 2.24) is 0 Å². The Morgan fingerprint density at radius 3 is 2.86 bits per heavy atom. The molecule has 2 rings (SSSR count). The third kappa shape index (κ3) is 4.70. The van der Waals surface area contributed by atoms with Gasteiger partial charge in [0.05, 0.1) is 28.0 Å². The van der Waals surface area contributed by atoms with Gasteiger partial charge in [-0.2, -0.15) is 0 Å². The summed E-state index contributed by atoms with van der Waals surface area (Å²) in [5, 5.41) is 3.65. The van der Waals surface area contributed by atoms with Gasteiger partial charge in [-0.15, -0.1) is 11.8 Å². The van der Waals surface area contributed by atoms with Gasteiger partial charge in [-0.3, -0.25) is 4.79 Å². The Bertz CT molecular complexity index is 602. The topological polar surface area (TPSA) is 42.2 Å². The van der Waals surface area contributed by atoms with E-state index in [4.69, 9.17) is 27.6 Å². The Labute approximate surface area is 138 Å². The Morgan fingerprint density at radius 2 is 2.19 bits per heavy atom. The molecule has 21 heavy (non-hydrogen) atoms. The zero-order valence-corrected chi connectivity index (χ0v) is 13.8. The van der Waals surface area contributed by atoms with Crippen LogP contribution >= 0.6 is 35.0 Å². The fourth-order valence-corrected chi connectivity index (χ4v) is 3.08. The van der Waals surface area contributed by atoms with Crippen molar-refractivity contribution < 1.29 is 9.21 Å². The van der Waals surface area contributed by atoms with Crippen LogP contribution in [0.3, 0.4) is 0 Å². The van der Waals surface area contributed by atoms with E-state index in [1.54, 1.807) is 24.5 Å². The lowest BCUT2D eigenvalue weighted by Crippen LogP contribution is -2.24. The molecule has 0 fully saturated rings. The zero-order chi connectivity index (χ0) is 15.2. The summed E-state index contributed by atoms with van der Waals surface area (Å²) in [5.74, 6) is 1.42. The lowest BCUT2D eigenvalue weighted by Gasteiger charge is -2.15. The molecule has 6 heteroatoms. The lowest BCUT2D eigenvalue weighted by molar-refractivity contribution is -0.115. The van der Waals surface area contributed by atoms with Gasteiger partial charge in [0, 0.05) is 5.02 Å². The van der Waals surface area contributed by atoms with Crippen molar-refractivity contribution in [3.63, 3.8) is 0 Å². The van der Waals surface area contributed by atoms with E-state index >= 15 is 0 Å². The molecule has 0 aliphatic heterocycles. The maximum absolute atomic E-state index is 12.3. The van der Waals surface area contributed by atoms with E-state index in [1.165, 1.54) is 11.8 Å². The first kappa shape index (κ1) is 16.3. The van der Waals surface area contributed by atoms with Crippen LogP contribution in [0.2, 0.25) is 10.0 Å². The molecule has 0 radical (unpaired) electrons. The molecule has 0 spiro atoms. The molecule has 1 atom stereocenters. The normalized spacial score (nSPS) is 12.1. The van der Waals surface area contributed by atoms with Gasteiger partial charge in [-0.05, 0) is 36.8 Å². The van der Waals surface area contributed by atoms with E-state index in [9.17, 15) is 4.79 Å². The second-order valence-corrected chi connectivity index (χ2v) is 6.44. The smallest absolute Gasteiger partial charge is 0.237 e. The van der Waals surface area contributed by atoms with E-state index in [2.05, 4.69) is 5.32 Å². The number of amides is 1. The van der Waals surface area contributed by atoms with Crippen LogP contribution in [0.15, 0.2) is 41.0 Å². The number of benzene rings is 1. The van der Waals surface area contributed by atoms with Gasteiger partial charge in [0.25, 0.3) is 0 Å². The molecule has 0 bridgehead atoms. The van der Waals surface area contributed by atoms with E-state index in [0.29, 0.717) is 21.5 Å². The second-order valence-electron chi connectivity index (χ2n) is 4.40. The van der Waals surface area contributed by atoms with Crippen LogP contribution in [0.1, 0.15) is 19.1 Å². The van der Waals surface area contributed by atoms with Crippen LogP contribution in [0, 0.1) is 0 Å². The molecule has 0 saturated heterocycles. The summed E-state index contributed by atoms with van der Waals surface area (Å²) >= 11 is 13.5. The lowest BCUT2D eigenvalue weighted by atomic mass is 10.2. The van der Waals surface area contributed by atoms with Crippen molar-refractivity contribution in [2.75, 3.05) is 5.32 Å². The van der Waals surface area contributed by atoms with Gasteiger partial charge >= 0.3 is 0 Å². The number of carbonyl (C=O) groups is 1. The number of halogens is 2. The van der Waals surface area contributed by atoms with Gasteiger partial charge in [-0.1, -0.05) is 30.1 Å². The zero-order valence-electron chi connectivity index (χ0n) is 11.4. The minimum absolute atomic E-state index is 0.0850. The summed E-state index contributed by atoms with van der Waals surface area (Å²) in [6.07, 6.45) is 2.35. The second kappa shape index (κ2) is 7.78. The molecule has 112 valence electrons. The molecule has 1 N–H and O–H groups in total. The summed E-state index contributed by atoms with van der Waals surface area (Å²) in [4.78, 5) is 12.3. The molecule has 1 aromatic carbocycles. The number of nitrogens with one attached hydrogen (secondary N) is 1. The maximum atomic E-state index is 12.3. The minimum atomic E-state index is -0.176. The van der Waals surface area contributed by atoms with Crippen LogP contribution < -0.4 is 5.32 Å². The highest BCUT2D eigenvalue weighted by molar-refractivity contribution is 7.99. The highest BCUT2D eigenvalue weighted by Crippen LogP contribution is 2.27. The van der Waals surface area contributed by atoms with Crippen molar-refractivity contribution in [1.29, 1.82) is 0 Å². The van der Waals surface area contributed by atoms with Crippen molar-refractivity contribution >= 4 is 46.6 Å². The van der Waals surface area contributed by atoms with Gasteiger partial charge in [0.2, 0.25) is 5.91 Å². The molecule has 1 unspecified atom stereocenters. The van der Waals surface area contributed by atoms with E-state index < -0.39 is 0 Å². The first-order valence-corrected chi connectivity index (χ1v) is 8.30. The van der Waals surface area contributed by atoms with Gasteiger partial charge < -0.3 is 9.73 Å². The van der Waals surface area contributed by atoms with Gasteiger partial charge in [0.1, 0.15) is 5.76 Å². The monoisotopic (exact) mass is 343 g/mol. The van der Waals surface area contributed by atoms with Gasteiger partial charge in [-0.25, -0.2) is 0 Å². The molecular weight excluding hydrogens is 329 g/mol. The first-order chi connectivity index (χ1) is 10.1. The van der Waals surface area contributed by atoms with Crippen molar-refractivity contribution in [3.8, 4) is 0 Å². The number of furan rings is 1. The quantitative estimate of drug-likeness (QED) is 0.779. The minimum Gasteiger partial charge on any atom is -0.468 e. The SMILES string of the molecule is CCC(SCc1ccco1)C(=O)Nc1cc(Cl)ccc1Cl. The molecule has 0 saturated carbocycles. The van der Waals surface area contributed by atoms with E-state index in [1.807, 2.05) is 19.1 Å². The van der Waals surface area contributed by atoms with Crippen LogP contribution in [0.25, 0.3) is 0 Å². The highest BCUT2D eigenvalue weighted by Gasteiger charge is 2.18. The number of thioether (sulfide) groups is 1. The Morgan fingerprint density at radius 1 is 1.38 bits per heavy atom. The molecule has 2 aromatic rings. The van der Waals surface area contributed by atoms with Crippen LogP contribution in [0.4, 0.5) is 5.69 Å².